The Morgan fingerprint density at radius 2 is 1.35 bits per heavy atom. The van der Waals surface area contributed by atoms with Crippen molar-refractivity contribution >= 4 is 12.4 Å². The molecule has 0 aromatic heterocycles. The van der Waals surface area contributed by atoms with Crippen LogP contribution in [0.2, 0.25) is 0 Å². The van der Waals surface area contributed by atoms with Crippen LogP contribution in [-0.2, 0) is 13.0 Å². The summed E-state index contributed by atoms with van der Waals surface area (Å²) in [6.07, 6.45) is 0.912. The van der Waals surface area contributed by atoms with E-state index in [1.807, 2.05) is 37.3 Å². The lowest BCUT2D eigenvalue weighted by Crippen LogP contribution is -2.16. The Balaban J connectivity index is 0.00000338. The zero-order valence-corrected chi connectivity index (χ0v) is 16.7. The number of ether oxygens (including phenoxy) is 4. The highest BCUT2D eigenvalue weighted by Crippen LogP contribution is 2.28. The molecule has 0 saturated carbocycles. The van der Waals surface area contributed by atoms with Gasteiger partial charge in [-0.1, -0.05) is 12.1 Å². The number of halogens is 1. The number of methoxy groups -OCH3 is 3. The van der Waals surface area contributed by atoms with E-state index < -0.39 is 0 Å². The summed E-state index contributed by atoms with van der Waals surface area (Å²) >= 11 is 0. The molecule has 0 unspecified atom stereocenters. The third-order valence-electron chi connectivity index (χ3n) is 3.90. The third-order valence-corrected chi connectivity index (χ3v) is 3.90. The molecule has 2 aromatic rings. The average Bonchev–Trinajstić information content (AvgIpc) is 2.65. The molecule has 0 radical (unpaired) electrons. The molecule has 1 N–H and O–H groups in total. The predicted octanol–water partition coefficient (Wildman–Crippen LogP) is 3.87. The van der Waals surface area contributed by atoms with Crippen molar-refractivity contribution in [2.45, 2.75) is 19.9 Å². The molecule has 2 aromatic carbocycles. The molecule has 2 rings (SSSR count). The van der Waals surface area contributed by atoms with Crippen LogP contribution < -0.4 is 24.3 Å². The zero-order valence-electron chi connectivity index (χ0n) is 15.8. The summed E-state index contributed by atoms with van der Waals surface area (Å²) in [5.41, 5.74) is 2.37. The van der Waals surface area contributed by atoms with Gasteiger partial charge in [-0.2, -0.15) is 0 Å². The van der Waals surface area contributed by atoms with E-state index in [1.165, 1.54) is 5.56 Å². The average molecular weight is 382 g/mol. The molecule has 0 aliphatic heterocycles. The van der Waals surface area contributed by atoms with Gasteiger partial charge >= 0.3 is 0 Å². The molecule has 0 aliphatic rings. The Bertz CT molecular complexity index is 679. The summed E-state index contributed by atoms with van der Waals surface area (Å²) in [5.74, 6) is 3.05. The van der Waals surface area contributed by atoms with Gasteiger partial charge in [-0.05, 0) is 55.3 Å². The van der Waals surface area contributed by atoms with Gasteiger partial charge in [-0.25, -0.2) is 0 Å². The minimum Gasteiger partial charge on any atom is -0.493 e. The van der Waals surface area contributed by atoms with E-state index in [4.69, 9.17) is 18.9 Å². The number of hydrogen-bond donors (Lipinski definition) is 1. The van der Waals surface area contributed by atoms with E-state index in [0.29, 0.717) is 6.61 Å². The highest BCUT2D eigenvalue weighted by molar-refractivity contribution is 5.85. The van der Waals surface area contributed by atoms with Gasteiger partial charge in [0.25, 0.3) is 0 Å². The van der Waals surface area contributed by atoms with Crippen LogP contribution in [-0.4, -0.2) is 34.5 Å². The summed E-state index contributed by atoms with van der Waals surface area (Å²) in [5, 5.41) is 3.45. The normalized spacial score (nSPS) is 10.0. The molecule has 0 heterocycles. The van der Waals surface area contributed by atoms with Crippen LogP contribution in [0.5, 0.6) is 23.0 Å². The Morgan fingerprint density at radius 3 is 1.96 bits per heavy atom. The lowest BCUT2D eigenvalue weighted by molar-refractivity contribution is 0.310. The van der Waals surface area contributed by atoms with Crippen LogP contribution in [0.15, 0.2) is 36.4 Å². The van der Waals surface area contributed by atoms with Crippen LogP contribution >= 0.6 is 12.4 Å². The number of benzene rings is 2. The minimum absolute atomic E-state index is 0. The lowest BCUT2D eigenvalue weighted by atomic mass is 10.1. The standard InChI is InChI=1S/C20H27NO4.ClH/c1-5-25-20-13-16(7-9-18(20)23-3)14-21-11-10-15-6-8-17(22-2)19(12-15)24-4;/h6-9,12-13,21H,5,10-11,14H2,1-4H3;1H. The summed E-state index contributed by atoms with van der Waals surface area (Å²) in [6, 6.07) is 12.0. The van der Waals surface area contributed by atoms with Crippen molar-refractivity contribution < 1.29 is 18.9 Å². The minimum atomic E-state index is 0. The van der Waals surface area contributed by atoms with E-state index in [2.05, 4.69) is 11.4 Å². The van der Waals surface area contributed by atoms with E-state index in [0.717, 1.165) is 48.1 Å². The van der Waals surface area contributed by atoms with E-state index in [1.54, 1.807) is 21.3 Å². The Kier molecular flexibility index (Phi) is 9.70. The second-order valence-corrected chi connectivity index (χ2v) is 5.53. The molecule has 26 heavy (non-hydrogen) atoms. The highest BCUT2D eigenvalue weighted by Gasteiger charge is 2.06. The van der Waals surface area contributed by atoms with Crippen LogP contribution in [0.1, 0.15) is 18.1 Å². The fourth-order valence-corrected chi connectivity index (χ4v) is 2.60. The van der Waals surface area contributed by atoms with Crippen molar-refractivity contribution in [3.05, 3.63) is 47.5 Å². The topological polar surface area (TPSA) is 49.0 Å². The van der Waals surface area contributed by atoms with Crippen molar-refractivity contribution in [1.82, 2.24) is 5.32 Å². The Morgan fingerprint density at radius 1 is 0.769 bits per heavy atom. The van der Waals surface area contributed by atoms with Gasteiger partial charge in [0.05, 0.1) is 27.9 Å². The Labute approximate surface area is 162 Å². The maximum atomic E-state index is 5.61. The fraction of sp³-hybridized carbons (Fsp3) is 0.400. The largest absolute Gasteiger partial charge is 0.493 e. The first-order valence-electron chi connectivity index (χ1n) is 8.43. The lowest BCUT2D eigenvalue weighted by Gasteiger charge is -2.12. The van der Waals surface area contributed by atoms with Gasteiger partial charge in [-0.3, -0.25) is 0 Å². The molecule has 144 valence electrons. The van der Waals surface area contributed by atoms with E-state index in [-0.39, 0.29) is 12.4 Å². The summed E-state index contributed by atoms with van der Waals surface area (Å²) < 4.78 is 21.5. The summed E-state index contributed by atoms with van der Waals surface area (Å²) in [6.45, 7) is 4.23. The van der Waals surface area contributed by atoms with Gasteiger partial charge < -0.3 is 24.3 Å². The van der Waals surface area contributed by atoms with E-state index >= 15 is 0 Å². The SMILES string of the molecule is CCOc1cc(CNCCc2ccc(OC)c(OC)c2)ccc1OC.Cl. The van der Waals surface area contributed by atoms with Crippen LogP contribution in [0.4, 0.5) is 0 Å². The first-order valence-corrected chi connectivity index (χ1v) is 8.43. The highest BCUT2D eigenvalue weighted by atomic mass is 35.5. The van der Waals surface area contributed by atoms with Gasteiger partial charge in [0, 0.05) is 6.54 Å². The second-order valence-electron chi connectivity index (χ2n) is 5.53. The van der Waals surface area contributed by atoms with Crippen molar-refractivity contribution in [2.75, 3.05) is 34.5 Å². The molecule has 0 atom stereocenters. The van der Waals surface area contributed by atoms with Crippen molar-refractivity contribution in [1.29, 1.82) is 0 Å². The molecule has 0 amide bonds. The second kappa shape index (κ2) is 11.5. The van der Waals surface area contributed by atoms with Gasteiger partial charge in [-0.15, -0.1) is 12.4 Å². The third kappa shape index (κ3) is 6.00. The molecule has 0 saturated heterocycles. The maximum Gasteiger partial charge on any atom is 0.161 e. The monoisotopic (exact) mass is 381 g/mol. The van der Waals surface area contributed by atoms with Crippen molar-refractivity contribution in [2.24, 2.45) is 0 Å². The molecular weight excluding hydrogens is 354 g/mol. The number of nitrogens with one attached hydrogen (secondary N) is 1. The number of hydrogen-bond acceptors (Lipinski definition) is 5. The smallest absolute Gasteiger partial charge is 0.161 e. The first kappa shape index (κ1) is 21.9. The van der Waals surface area contributed by atoms with Crippen LogP contribution in [0.25, 0.3) is 0 Å². The number of rotatable bonds is 10. The van der Waals surface area contributed by atoms with Crippen molar-refractivity contribution in [3.8, 4) is 23.0 Å². The van der Waals surface area contributed by atoms with Gasteiger partial charge in [0.1, 0.15) is 0 Å². The van der Waals surface area contributed by atoms with Gasteiger partial charge in [0.15, 0.2) is 23.0 Å². The first-order chi connectivity index (χ1) is 12.2. The molecule has 0 aliphatic carbocycles. The molecule has 0 fully saturated rings. The van der Waals surface area contributed by atoms with E-state index in [9.17, 15) is 0 Å². The quantitative estimate of drug-likeness (QED) is 0.633. The van der Waals surface area contributed by atoms with Crippen LogP contribution in [0.3, 0.4) is 0 Å². The molecule has 6 heteroatoms. The molecule has 5 nitrogen and oxygen atoms in total. The Hall–Kier alpha value is -2.11. The molecule has 0 spiro atoms. The summed E-state index contributed by atoms with van der Waals surface area (Å²) in [7, 11) is 4.95. The zero-order chi connectivity index (χ0) is 18.1. The maximum absolute atomic E-state index is 5.61. The van der Waals surface area contributed by atoms with Crippen LogP contribution in [0, 0.1) is 0 Å². The fourth-order valence-electron chi connectivity index (χ4n) is 2.60. The van der Waals surface area contributed by atoms with Gasteiger partial charge in [0.2, 0.25) is 0 Å². The predicted molar refractivity (Wildman–Crippen MR) is 106 cm³/mol. The molecular formula is C20H28ClNO4. The summed E-state index contributed by atoms with van der Waals surface area (Å²) in [4.78, 5) is 0. The molecule has 0 bridgehead atoms. The van der Waals surface area contributed by atoms with Crippen molar-refractivity contribution in [3.63, 3.8) is 0 Å².